The van der Waals surface area contributed by atoms with E-state index < -0.39 is 17.8 Å². The minimum Gasteiger partial charge on any atom is -0.390 e. The number of aliphatic hydroxyl groups is 4. The average Bonchev–Trinajstić information content (AvgIpc) is 1.40. The Morgan fingerprint density at radius 3 is 0.970 bits per heavy atom. The van der Waals surface area contributed by atoms with E-state index in [0.717, 1.165) is 86.2 Å². The molecule has 28 nitrogen and oxygen atoms in total. The summed E-state index contributed by atoms with van der Waals surface area (Å²) in [5, 5.41) is 87.4. The van der Waals surface area contributed by atoms with Crippen LogP contribution in [0.2, 0.25) is 0 Å². The first-order chi connectivity index (χ1) is 61.9. The summed E-state index contributed by atoms with van der Waals surface area (Å²) in [5.41, 5.74) is 23.9. The van der Waals surface area contributed by atoms with E-state index in [1.54, 1.807) is 74.1 Å². The predicted octanol–water partition coefficient (Wildman–Crippen LogP) is 19.9. The first-order valence-electron chi connectivity index (χ1n) is 41.9. The van der Waals surface area contributed by atoms with Crippen LogP contribution in [0.1, 0.15) is 180 Å². The number of nitrogens with one attached hydrogen (secondary N) is 4. The van der Waals surface area contributed by atoms with Crippen molar-refractivity contribution in [2.24, 2.45) is 0 Å². The summed E-state index contributed by atoms with van der Waals surface area (Å²) in [6.07, 6.45) is 10.6. The van der Waals surface area contributed by atoms with Gasteiger partial charge < -0.3 is 60.0 Å². The van der Waals surface area contributed by atoms with Crippen LogP contribution < -0.4 is 21.3 Å². The fraction of sp³-hybridized carbons (Fsp3) is 0.280. The summed E-state index contributed by atoms with van der Waals surface area (Å²) in [6.45, 7) is 28.8. The van der Waals surface area contributed by atoms with Gasteiger partial charge in [0.15, 0.2) is 23.3 Å². The summed E-state index contributed by atoms with van der Waals surface area (Å²) in [5.74, 6) is 2.31. The van der Waals surface area contributed by atoms with Crippen LogP contribution in [0.25, 0.3) is 68.3 Å². The fourth-order valence-corrected chi connectivity index (χ4v) is 14.5. The van der Waals surface area contributed by atoms with Crippen LogP contribution in [-0.4, -0.2) is 125 Å². The topological polar surface area (TPSA) is 355 Å². The molecule has 0 aliphatic heterocycles. The van der Waals surface area contributed by atoms with E-state index in [0.29, 0.717) is 91.2 Å². The van der Waals surface area contributed by atoms with Gasteiger partial charge in [0, 0.05) is 30.8 Å². The largest absolute Gasteiger partial charge is 0.416 e. The number of rotatable bonds is 25. The Kier molecular flexibility index (Phi) is 33.6. The maximum absolute atomic E-state index is 13.4. The molecule has 686 valence electrons. The zero-order chi connectivity index (χ0) is 91.9. The first-order valence-corrected chi connectivity index (χ1v) is 41.9. The molecule has 12 heterocycles. The monoisotopic (exact) mass is 1790 g/mol. The maximum Gasteiger partial charge on any atom is 0.416 e. The molecule has 0 amide bonds. The maximum atomic E-state index is 13.4. The minimum atomic E-state index is -4.45. The lowest BCUT2D eigenvalue weighted by Crippen LogP contribution is -2.20. The molecule has 4 atom stereocenters. The highest BCUT2D eigenvalue weighted by molar-refractivity contribution is 5.65. The molecule has 4 aromatic carbocycles. The van der Waals surface area contributed by atoms with E-state index in [1.807, 2.05) is 167 Å². The Morgan fingerprint density at radius 2 is 0.652 bits per heavy atom. The van der Waals surface area contributed by atoms with Gasteiger partial charge in [-0.05, 0) is 262 Å². The normalized spacial score (nSPS) is 11.9. The number of aryl methyl sites for hydroxylation is 11. The standard InChI is InChI=1S/C25H28N6O.C24H23F3N6O.C24H25FN6O.C24H26N6O.3CH4/c1-15-6-7-20(10-16(15)2)19(5)27-25-17(3)11-22(29-30-25)21-8-9-24(23(13-32)28-21)31-12-18(4)26-14-31;1-14-10-20(19-8-9-22(21(12-34)30-19)33-11-15(2)28-13-33)31-32-23(14)29-16(3)17-6-4-5-7-18(17)24(25,26)27;1-15-10-21(20-8-9-23(22(13-32)28-20)31-12-17(3)26-14-31)29-30-24(15)27-16(2)11-18-4-6-19(25)7-5-18;1-15-7-5-6-8-19(15)18(4)26-24-16(2)11-21(28-29-24)20-9-10-23(22(13-31)27-20)30-12-17(3)25-14-30;;;/h6-12,14,19,32H,13H2,1-5H3,(H,27,30);4-11,13,16,34H,12H2,1-3H3,(H,29,32);4-10,12,14,16,32H,11,13H2,1-3H3,(H,27,30);5-12,14,18,31H,13H2,1-4H3,(H,26,29);3*1H4/t19-;16-;;18-;;;/m00.0.../s1. The number of aliphatic hydroxyl groups excluding tert-OH is 4. The third-order valence-corrected chi connectivity index (χ3v) is 21.7. The van der Waals surface area contributed by atoms with E-state index >= 15 is 0 Å². The van der Waals surface area contributed by atoms with Gasteiger partial charge in [0.2, 0.25) is 0 Å². The molecule has 0 spiro atoms. The van der Waals surface area contributed by atoms with Gasteiger partial charge in [-0.25, -0.2) is 44.3 Å². The molecule has 16 aromatic rings. The molecule has 0 fully saturated rings. The second-order valence-electron chi connectivity index (χ2n) is 31.8. The van der Waals surface area contributed by atoms with Gasteiger partial charge >= 0.3 is 6.18 Å². The van der Waals surface area contributed by atoms with E-state index in [1.165, 1.54) is 52.1 Å². The molecular weight excluding hydrogens is 1680 g/mol. The van der Waals surface area contributed by atoms with Crippen molar-refractivity contribution in [2.45, 2.75) is 189 Å². The Hall–Kier alpha value is -14.6. The summed E-state index contributed by atoms with van der Waals surface area (Å²) in [6, 6.07) is 48.9. The molecule has 0 aliphatic rings. The fourth-order valence-electron chi connectivity index (χ4n) is 14.5. The van der Waals surface area contributed by atoms with Gasteiger partial charge in [-0.15, -0.1) is 40.8 Å². The predicted molar refractivity (Wildman–Crippen MR) is 509 cm³/mol. The van der Waals surface area contributed by atoms with Crippen molar-refractivity contribution in [2.75, 3.05) is 21.3 Å². The van der Waals surface area contributed by atoms with Gasteiger partial charge in [0.1, 0.15) is 28.6 Å². The lowest BCUT2D eigenvalue weighted by Gasteiger charge is -2.20. The van der Waals surface area contributed by atoms with Crippen molar-refractivity contribution < 1.29 is 38.0 Å². The van der Waals surface area contributed by atoms with Crippen molar-refractivity contribution in [1.82, 2.24) is 98.9 Å². The first kappa shape index (κ1) is 99.6. The van der Waals surface area contributed by atoms with E-state index in [9.17, 15) is 38.0 Å². The average molecular weight is 1790 g/mol. The van der Waals surface area contributed by atoms with Crippen molar-refractivity contribution >= 4 is 23.3 Å². The summed E-state index contributed by atoms with van der Waals surface area (Å²) >= 11 is 0. The molecule has 0 bridgehead atoms. The number of alkyl halides is 3. The van der Waals surface area contributed by atoms with Gasteiger partial charge in [-0.2, -0.15) is 13.2 Å². The van der Waals surface area contributed by atoms with Crippen LogP contribution in [0.15, 0.2) is 214 Å². The van der Waals surface area contributed by atoms with E-state index in [4.69, 9.17) is 0 Å². The number of benzene rings is 4. The molecule has 0 saturated carbocycles. The van der Waals surface area contributed by atoms with Crippen LogP contribution in [0.4, 0.5) is 40.8 Å². The zero-order valence-electron chi connectivity index (χ0n) is 74.3. The Labute approximate surface area is 767 Å². The number of hydrogen-bond acceptors (Lipinski definition) is 24. The third-order valence-electron chi connectivity index (χ3n) is 21.7. The van der Waals surface area contributed by atoms with Crippen LogP contribution in [0.5, 0.6) is 0 Å². The van der Waals surface area contributed by atoms with Gasteiger partial charge in [-0.3, -0.25) is 0 Å². The molecule has 16 rings (SSSR count). The number of halogens is 4. The van der Waals surface area contributed by atoms with Crippen molar-refractivity contribution in [3.63, 3.8) is 0 Å². The van der Waals surface area contributed by atoms with Crippen LogP contribution in [0, 0.1) is 82.0 Å². The van der Waals surface area contributed by atoms with E-state index in [2.05, 4.69) is 167 Å². The lowest BCUT2D eigenvalue weighted by atomic mass is 10.0. The molecule has 0 saturated heterocycles. The van der Waals surface area contributed by atoms with Crippen molar-refractivity contribution in [3.05, 3.63) is 332 Å². The number of imidazole rings is 4. The third kappa shape index (κ3) is 24.5. The number of hydrogen-bond donors (Lipinski definition) is 8. The summed E-state index contributed by atoms with van der Waals surface area (Å²) in [4.78, 5) is 35.3. The van der Waals surface area contributed by atoms with Crippen molar-refractivity contribution in [3.8, 4) is 68.3 Å². The Balaban J connectivity index is 0.000000181. The molecule has 1 unspecified atom stereocenters. The minimum absolute atomic E-state index is 0. The highest BCUT2D eigenvalue weighted by Crippen LogP contribution is 2.37. The molecule has 8 N–H and O–H groups in total. The molecule has 0 aliphatic carbocycles. The van der Waals surface area contributed by atoms with Crippen molar-refractivity contribution in [1.29, 1.82) is 0 Å². The number of aromatic nitrogens is 20. The van der Waals surface area contributed by atoms with Crippen LogP contribution in [0.3, 0.4) is 0 Å². The van der Waals surface area contributed by atoms with Crippen LogP contribution in [-0.2, 0) is 39.0 Å². The molecule has 32 heteroatoms. The molecule has 132 heavy (non-hydrogen) atoms. The van der Waals surface area contributed by atoms with E-state index in [-0.39, 0.29) is 78.2 Å². The molecular formula is C100H114F4N24O4. The van der Waals surface area contributed by atoms with Crippen LogP contribution >= 0.6 is 0 Å². The molecule has 12 aromatic heterocycles. The lowest BCUT2D eigenvalue weighted by molar-refractivity contribution is -0.138. The SMILES string of the molecule is C.C.C.Cc1cn(-c2ccc(-c3cc(C)c(NC(C)Cc4ccc(F)cc4)nn3)nc2CO)cn1.Cc1cn(-c2ccc(-c3cc(C)c(N[C@@H](C)c4ccc(C)c(C)c4)nn3)nc2CO)cn1.Cc1cn(-c2ccc(-c3cc(C)c(N[C@@H](C)c4ccccc4C(F)(F)F)nn3)nc2CO)cn1.Cc1cn(-c2ccc(-c3cc(C)c(N[C@@H](C)c4ccccc4C)nn3)nc2CO)cn1. The highest BCUT2D eigenvalue weighted by atomic mass is 19.4. The van der Waals surface area contributed by atoms with Gasteiger partial charge in [-0.1, -0.05) is 95.1 Å². The zero-order valence-corrected chi connectivity index (χ0v) is 74.3. The second-order valence-corrected chi connectivity index (χ2v) is 31.8. The van der Waals surface area contributed by atoms with Gasteiger partial charge in [0.25, 0.3) is 0 Å². The smallest absolute Gasteiger partial charge is 0.390 e. The number of pyridine rings is 4. The summed E-state index contributed by atoms with van der Waals surface area (Å²) in [7, 11) is 0. The Bertz CT molecular complexity index is 6590. The summed E-state index contributed by atoms with van der Waals surface area (Å²) < 4.78 is 60.6. The highest BCUT2D eigenvalue weighted by Gasteiger charge is 2.35. The molecule has 0 radical (unpaired) electrons. The second kappa shape index (κ2) is 44.6. The Morgan fingerprint density at radius 1 is 0.326 bits per heavy atom. The van der Waals surface area contributed by atoms with Gasteiger partial charge in [0.05, 0.1) is 167 Å². The number of anilines is 4. The quantitative estimate of drug-likeness (QED) is 0.0246. The number of nitrogens with zero attached hydrogens (tertiary/aromatic N) is 20.